The Morgan fingerprint density at radius 1 is 1.56 bits per heavy atom. The molecule has 6 heteroatoms. The van der Waals surface area contributed by atoms with E-state index in [0.29, 0.717) is 18.8 Å². The Hall–Kier alpha value is -1.74. The number of thiol groups is 1. The lowest BCUT2D eigenvalue weighted by atomic mass is 10.2. The Balaban J connectivity index is 2.91. The van der Waals surface area contributed by atoms with Gasteiger partial charge in [0.05, 0.1) is 23.2 Å². The van der Waals surface area contributed by atoms with Crippen molar-refractivity contribution in [3.63, 3.8) is 0 Å². The molecule has 0 N–H and O–H groups in total. The zero-order valence-electron chi connectivity index (χ0n) is 8.42. The number of rotatable bonds is 5. The van der Waals surface area contributed by atoms with Gasteiger partial charge in [-0.2, -0.15) is 17.9 Å². The van der Waals surface area contributed by atoms with Crippen LogP contribution in [-0.4, -0.2) is 17.3 Å². The van der Waals surface area contributed by atoms with Crippen molar-refractivity contribution >= 4 is 18.3 Å². The van der Waals surface area contributed by atoms with Crippen LogP contribution in [0.2, 0.25) is 0 Å². The first kappa shape index (κ1) is 12.3. The van der Waals surface area contributed by atoms with Gasteiger partial charge in [0.25, 0.3) is 0 Å². The van der Waals surface area contributed by atoms with Crippen molar-refractivity contribution in [3.05, 3.63) is 33.9 Å². The summed E-state index contributed by atoms with van der Waals surface area (Å²) in [4.78, 5) is 10.2. The van der Waals surface area contributed by atoms with Crippen molar-refractivity contribution in [1.82, 2.24) is 0 Å². The Kier molecular flexibility index (Phi) is 4.61. The highest BCUT2D eigenvalue weighted by Crippen LogP contribution is 2.27. The number of nitrogens with zero attached hydrogens (tertiary/aromatic N) is 2. The molecule has 0 aliphatic rings. The molecule has 0 unspecified atom stereocenters. The van der Waals surface area contributed by atoms with Crippen molar-refractivity contribution in [2.75, 3.05) is 12.4 Å². The van der Waals surface area contributed by atoms with E-state index < -0.39 is 4.92 Å². The second-order valence-electron chi connectivity index (χ2n) is 2.98. The molecule has 1 aromatic carbocycles. The molecule has 0 spiro atoms. The van der Waals surface area contributed by atoms with Gasteiger partial charge in [-0.15, -0.1) is 0 Å². The van der Waals surface area contributed by atoms with Gasteiger partial charge < -0.3 is 4.74 Å². The average molecular weight is 238 g/mol. The van der Waals surface area contributed by atoms with Crippen molar-refractivity contribution in [3.8, 4) is 11.8 Å². The van der Waals surface area contributed by atoms with Crippen LogP contribution in [0.4, 0.5) is 5.69 Å². The normalized spacial score (nSPS) is 9.50. The lowest BCUT2D eigenvalue weighted by Crippen LogP contribution is -2.01. The van der Waals surface area contributed by atoms with Gasteiger partial charge in [0.2, 0.25) is 0 Å². The molecule has 0 aliphatic carbocycles. The van der Waals surface area contributed by atoms with Crippen molar-refractivity contribution in [2.24, 2.45) is 0 Å². The molecule has 1 aromatic rings. The largest absolute Gasteiger partial charge is 0.487 e. The molecule has 16 heavy (non-hydrogen) atoms. The van der Waals surface area contributed by atoms with Crippen LogP contribution in [0.3, 0.4) is 0 Å². The molecular weight excluding hydrogens is 228 g/mol. The highest BCUT2D eigenvalue weighted by atomic mass is 32.1. The van der Waals surface area contributed by atoms with E-state index in [9.17, 15) is 10.1 Å². The summed E-state index contributed by atoms with van der Waals surface area (Å²) in [6, 6.07) is 5.98. The lowest BCUT2D eigenvalue weighted by molar-refractivity contribution is -0.385. The van der Waals surface area contributed by atoms with E-state index in [1.807, 2.05) is 6.07 Å². The minimum absolute atomic E-state index is 0.182. The van der Waals surface area contributed by atoms with Gasteiger partial charge in [-0.1, -0.05) is 0 Å². The SMILES string of the molecule is N#Cc1ccc(OCCCS)c([N+](=O)[O-])c1. The second kappa shape index (κ2) is 5.98. The summed E-state index contributed by atoms with van der Waals surface area (Å²) in [5.41, 5.74) is 0.0615. The van der Waals surface area contributed by atoms with Gasteiger partial charge in [0.1, 0.15) is 0 Å². The fraction of sp³-hybridized carbons (Fsp3) is 0.300. The number of nitro groups is 1. The number of nitro benzene ring substituents is 1. The third-order valence-corrected chi connectivity index (χ3v) is 2.16. The quantitative estimate of drug-likeness (QED) is 0.369. The van der Waals surface area contributed by atoms with E-state index in [0.717, 1.165) is 0 Å². The molecule has 0 amide bonds. The van der Waals surface area contributed by atoms with Crippen LogP contribution >= 0.6 is 12.6 Å². The first-order chi connectivity index (χ1) is 7.69. The fourth-order valence-electron chi connectivity index (χ4n) is 1.10. The van der Waals surface area contributed by atoms with E-state index in [1.54, 1.807) is 0 Å². The van der Waals surface area contributed by atoms with Crippen molar-refractivity contribution in [1.29, 1.82) is 5.26 Å². The number of hydrogen-bond acceptors (Lipinski definition) is 5. The maximum Gasteiger partial charge on any atom is 0.312 e. The molecule has 84 valence electrons. The first-order valence-corrected chi connectivity index (χ1v) is 5.24. The van der Waals surface area contributed by atoms with Crippen LogP contribution in [-0.2, 0) is 0 Å². The summed E-state index contributed by atoms with van der Waals surface area (Å²) in [6.07, 6.45) is 0.709. The molecule has 0 aromatic heterocycles. The van der Waals surface area contributed by atoms with Crippen LogP contribution in [0.15, 0.2) is 18.2 Å². The molecule has 0 bridgehead atoms. The molecule has 0 radical (unpaired) electrons. The van der Waals surface area contributed by atoms with E-state index in [4.69, 9.17) is 10.00 Å². The van der Waals surface area contributed by atoms with Gasteiger partial charge in [0.15, 0.2) is 5.75 Å². The lowest BCUT2D eigenvalue weighted by Gasteiger charge is -2.05. The summed E-state index contributed by atoms with van der Waals surface area (Å²) in [7, 11) is 0. The summed E-state index contributed by atoms with van der Waals surface area (Å²) in [6.45, 7) is 0.371. The molecular formula is C10H10N2O3S. The zero-order valence-corrected chi connectivity index (χ0v) is 9.31. The highest BCUT2D eigenvalue weighted by Gasteiger charge is 2.15. The Bertz CT molecular complexity index is 429. The third-order valence-electron chi connectivity index (χ3n) is 1.84. The minimum atomic E-state index is -0.559. The van der Waals surface area contributed by atoms with Crippen LogP contribution in [0, 0.1) is 21.4 Å². The predicted molar refractivity (Wildman–Crippen MR) is 61.8 cm³/mol. The summed E-state index contributed by atoms with van der Waals surface area (Å²) < 4.78 is 5.24. The monoisotopic (exact) mass is 238 g/mol. The van der Waals surface area contributed by atoms with Crippen LogP contribution < -0.4 is 4.74 Å². The van der Waals surface area contributed by atoms with Crippen LogP contribution in [0.25, 0.3) is 0 Å². The Morgan fingerprint density at radius 3 is 2.88 bits per heavy atom. The van der Waals surface area contributed by atoms with Gasteiger partial charge in [-0.05, 0) is 24.3 Å². The molecule has 0 atom stereocenters. The molecule has 0 heterocycles. The molecule has 5 nitrogen and oxygen atoms in total. The predicted octanol–water partition coefficient (Wildman–Crippen LogP) is 2.17. The number of ether oxygens (including phenoxy) is 1. The van der Waals surface area contributed by atoms with E-state index in [1.165, 1.54) is 18.2 Å². The molecule has 0 aliphatic heterocycles. The maximum absolute atomic E-state index is 10.7. The topological polar surface area (TPSA) is 76.2 Å². The number of benzene rings is 1. The second-order valence-corrected chi connectivity index (χ2v) is 3.42. The molecule has 0 saturated heterocycles. The van der Waals surface area contributed by atoms with Crippen LogP contribution in [0.5, 0.6) is 5.75 Å². The fourth-order valence-corrected chi connectivity index (χ4v) is 1.23. The summed E-state index contributed by atoms with van der Waals surface area (Å²) >= 11 is 4.01. The minimum Gasteiger partial charge on any atom is -0.487 e. The van der Waals surface area contributed by atoms with Crippen LogP contribution in [0.1, 0.15) is 12.0 Å². The smallest absolute Gasteiger partial charge is 0.312 e. The summed E-state index contributed by atoms with van der Waals surface area (Å²) in [5.74, 6) is 0.843. The zero-order chi connectivity index (χ0) is 12.0. The van der Waals surface area contributed by atoms with Gasteiger partial charge in [-0.25, -0.2) is 0 Å². The number of nitriles is 1. The van der Waals surface area contributed by atoms with E-state index in [-0.39, 0.29) is 17.0 Å². The van der Waals surface area contributed by atoms with Gasteiger partial charge >= 0.3 is 5.69 Å². The van der Waals surface area contributed by atoms with E-state index >= 15 is 0 Å². The Labute approximate surface area is 98.2 Å². The Morgan fingerprint density at radius 2 is 2.31 bits per heavy atom. The molecule has 0 saturated carbocycles. The molecule has 0 fully saturated rings. The third kappa shape index (κ3) is 3.14. The number of hydrogen-bond donors (Lipinski definition) is 1. The van der Waals surface area contributed by atoms with E-state index in [2.05, 4.69) is 12.6 Å². The standard InChI is InChI=1S/C10H10N2O3S/c11-7-8-2-3-10(15-4-1-5-16)9(6-8)12(13)14/h2-3,6,16H,1,4-5H2. The van der Waals surface area contributed by atoms with Gasteiger partial charge in [-0.3, -0.25) is 10.1 Å². The average Bonchev–Trinajstić information content (AvgIpc) is 2.29. The first-order valence-electron chi connectivity index (χ1n) is 4.61. The van der Waals surface area contributed by atoms with Crippen molar-refractivity contribution < 1.29 is 9.66 Å². The maximum atomic E-state index is 10.7. The summed E-state index contributed by atoms with van der Waals surface area (Å²) in [5, 5.41) is 19.3. The van der Waals surface area contributed by atoms with Gasteiger partial charge in [0, 0.05) is 6.07 Å². The highest BCUT2D eigenvalue weighted by molar-refractivity contribution is 7.80. The van der Waals surface area contributed by atoms with Crippen molar-refractivity contribution in [2.45, 2.75) is 6.42 Å². The molecule has 1 rings (SSSR count).